The summed E-state index contributed by atoms with van der Waals surface area (Å²) < 4.78 is 5.30. The molecule has 0 saturated carbocycles. The van der Waals surface area contributed by atoms with E-state index in [0.717, 1.165) is 17.1 Å². The van der Waals surface area contributed by atoms with Crippen molar-refractivity contribution in [2.24, 2.45) is 4.99 Å². The predicted molar refractivity (Wildman–Crippen MR) is 230 cm³/mol. The first kappa shape index (κ1) is 30.5. The Morgan fingerprint density at radius 2 is 0.981 bits per heavy atom. The molecule has 2 aromatic heterocycles. The van der Waals surface area contributed by atoms with E-state index in [-0.39, 0.29) is 12.1 Å². The number of nitrogens with zero attached hydrogens (tertiary/aromatic N) is 2. The van der Waals surface area contributed by atoms with Gasteiger partial charge in [-0.1, -0.05) is 140 Å². The molecule has 0 radical (unpaired) electrons. The highest BCUT2D eigenvalue weighted by Crippen LogP contribution is 2.45. The van der Waals surface area contributed by atoms with Crippen molar-refractivity contribution in [3.63, 3.8) is 0 Å². The van der Waals surface area contributed by atoms with Crippen LogP contribution in [0.15, 0.2) is 187 Å². The lowest BCUT2D eigenvalue weighted by atomic mass is 9.92. The van der Waals surface area contributed by atoms with Gasteiger partial charge in [-0.2, -0.15) is 0 Å². The van der Waals surface area contributed by atoms with Gasteiger partial charge in [0, 0.05) is 51.6 Å². The van der Waals surface area contributed by atoms with Crippen molar-refractivity contribution < 1.29 is 0 Å². The van der Waals surface area contributed by atoms with Gasteiger partial charge in [0.15, 0.2) is 0 Å². The first-order valence-corrected chi connectivity index (χ1v) is 19.7. The molecule has 0 N–H and O–H groups in total. The molecule has 3 heterocycles. The van der Waals surface area contributed by atoms with Crippen LogP contribution in [0, 0.1) is 0 Å². The molecule has 1 aliphatic carbocycles. The molecule has 0 bridgehead atoms. The van der Waals surface area contributed by atoms with Crippen LogP contribution in [0.4, 0.5) is 5.69 Å². The maximum absolute atomic E-state index is 5.25. The second-order valence-electron chi connectivity index (χ2n) is 13.9. The maximum Gasteiger partial charge on any atom is 0.136 e. The summed E-state index contributed by atoms with van der Waals surface area (Å²) >= 11 is 3.78. The molecule has 2 nitrogen and oxygen atoms in total. The molecule has 2 unspecified atom stereocenters. The SMILES string of the molecule is C1=CC2N=C(c3ccccc3)N(c3cccc(-c4cc(-c5cccc6c5sc5ccccc56)cc(-c5cccc6c5sc5ccccc56)c4)c3)C2C=C1. The van der Waals surface area contributed by atoms with E-state index in [0.29, 0.717) is 0 Å². The van der Waals surface area contributed by atoms with E-state index in [4.69, 9.17) is 4.99 Å². The predicted octanol–water partition coefficient (Wildman–Crippen LogP) is 13.6. The average molecular weight is 713 g/mol. The molecule has 9 aromatic rings. The third kappa shape index (κ3) is 5.02. The van der Waals surface area contributed by atoms with E-state index in [1.54, 1.807) is 0 Å². The number of rotatable bonds is 5. The standard InChI is InChI=1S/C49H32N2S2/c1-2-13-31(14-3-1)49-50-43-23-6-7-24-44(43)51(49)36-16-10-15-32(30-36)33-27-34(37-19-11-21-41-39-17-4-8-25-45(39)52-47(37)41)29-35(28-33)38-20-12-22-42-40-18-5-9-26-46(40)53-48(38)42/h1-30,43-44H. The molecule has 2 atom stereocenters. The first-order valence-electron chi connectivity index (χ1n) is 18.1. The Bertz CT molecular complexity index is 2850. The molecular formula is C49H32N2S2. The Hall–Kier alpha value is -6.07. The van der Waals surface area contributed by atoms with E-state index >= 15 is 0 Å². The molecule has 0 amide bonds. The summed E-state index contributed by atoms with van der Waals surface area (Å²) in [5.74, 6) is 1.01. The molecule has 11 rings (SSSR count). The van der Waals surface area contributed by atoms with E-state index < -0.39 is 0 Å². The number of thiophene rings is 2. The van der Waals surface area contributed by atoms with Crippen molar-refractivity contribution in [3.8, 4) is 33.4 Å². The second kappa shape index (κ2) is 12.3. The molecule has 0 spiro atoms. The summed E-state index contributed by atoms with van der Waals surface area (Å²) in [4.78, 5) is 7.67. The fourth-order valence-electron chi connectivity index (χ4n) is 8.27. The lowest BCUT2D eigenvalue weighted by Crippen LogP contribution is -2.39. The van der Waals surface area contributed by atoms with Gasteiger partial charge in [-0.15, -0.1) is 22.7 Å². The number of hydrogen-bond acceptors (Lipinski definition) is 4. The van der Waals surface area contributed by atoms with Gasteiger partial charge in [-0.25, -0.2) is 0 Å². The van der Waals surface area contributed by atoms with Crippen molar-refractivity contribution in [3.05, 3.63) is 188 Å². The van der Waals surface area contributed by atoms with Crippen LogP contribution < -0.4 is 4.90 Å². The van der Waals surface area contributed by atoms with Crippen LogP contribution in [0.25, 0.3) is 73.7 Å². The van der Waals surface area contributed by atoms with Crippen molar-refractivity contribution in [1.29, 1.82) is 0 Å². The summed E-state index contributed by atoms with van der Waals surface area (Å²) in [7, 11) is 0. The van der Waals surface area contributed by atoms with Gasteiger partial charge in [-0.3, -0.25) is 4.99 Å². The van der Waals surface area contributed by atoms with Crippen molar-refractivity contribution >= 4 is 74.5 Å². The third-order valence-electron chi connectivity index (χ3n) is 10.7. The molecule has 0 saturated heterocycles. The minimum Gasteiger partial charge on any atom is -0.317 e. The molecular weight excluding hydrogens is 681 g/mol. The summed E-state index contributed by atoms with van der Waals surface area (Å²) in [6.45, 7) is 0. The van der Waals surface area contributed by atoms with Gasteiger partial charge in [-0.05, 0) is 75.8 Å². The molecule has 250 valence electrons. The van der Waals surface area contributed by atoms with Gasteiger partial charge in [0.1, 0.15) is 5.84 Å². The Balaban J connectivity index is 1.12. The monoisotopic (exact) mass is 712 g/mol. The quantitative estimate of drug-likeness (QED) is 0.173. The Labute approximate surface area is 315 Å². The molecule has 53 heavy (non-hydrogen) atoms. The van der Waals surface area contributed by atoms with Crippen molar-refractivity contribution in [2.75, 3.05) is 4.90 Å². The van der Waals surface area contributed by atoms with Crippen LogP contribution >= 0.6 is 22.7 Å². The van der Waals surface area contributed by atoms with Crippen LogP contribution in [0.1, 0.15) is 5.56 Å². The number of anilines is 1. The minimum absolute atomic E-state index is 0.0809. The third-order valence-corrected chi connectivity index (χ3v) is 13.2. The van der Waals surface area contributed by atoms with Gasteiger partial charge in [0.05, 0.1) is 12.1 Å². The lowest BCUT2D eigenvalue weighted by Gasteiger charge is -2.29. The first-order chi connectivity index (χ1) is 26.3. The van der Waals surface area contributed by atoms with Gasteiger partial charge < -0.3 is 4.90 Å². The Morgan fingerprint density at radius 3 is 1.66 bits per heavy atom. The second-order valence-corrected chi connectivity index (χ2v) is 16.0. The average Bonchev–Trinajstić information content (AvgIpc) is 3.93. The van der Waals surface area contributed by atoms with Crippen LogP contribution in [-0.2, 0) is 0 Å². The summed E-state index contributed by atoms with van der Waals surface area (Å²) in [5.41, 5.74) is 9.65. The number of aliphatic imine (C=N–C) groups is 1. The van der Waals surface area contributed by atoms with Gasteiger partial charge >= 0.3 is 0 Å². The highest BCUT2D eigenvalue weighted by atomic mass is 32.1. The zero-order valence-corrected chi connectivity index (χ0v) is 30.3. The van der Waals surface area contributed by atoms with Crippen molar-refractivity contribution in [2.45, 2.75) is 12.1 Å². The number of fused-ring (bicyclic) bond motifs is 7. The summed E-state index contributed by atoms with van der Waals surface area (Å²) in [6.07, 6.45) is 8.78. The van der Waals surface area contributed by atoms with E-state index in [1.807, 2.05) is 22.7 Å². The smallest absolute Gasteiger partial charge is 0.136 e. The Morgan fingerprint density at radius 1 is 0.434 bits per heavy atom. The van der Waals surface area contributed by atoms with Crippen LogP contribution in [-0.4, -0.2) is 17.9 Å². The number of benzene rings is 7. The minimum atomic E-state index is 0.0809. The number of hydrogen-bond donors (Lipinski definition) is 0. The fraction of sp³-hybridized carbons (Fsp3) is 0.0408. The van der Waals surface area contributed by atoms with Crippen LogP contribution in [0.3, 0.4) is 0 Å². The van der Waals surface area contributed by atoms with Crippen molar-refractivity contribution in [1.82, 2.24) is 0 Å². The number of allylic oxidation sites excluding steroid dienone is 2. The molecule has 4 heteroatoms. The highest BCUT2D eigenvalue weighted by molar-refractivity contribution is 7.26. The summed E-state index contributed by atoms with van der Waals surface area (Å²) in [6, 6.07) is 58.2. The van der Waals surface area contributed by atoms with Crippen LogP contribution in [0.5, 0.6) is 0 Å². The fourth-order valence-corrected chi connectivity index (χ4v) is 10.7. The molecule has 0 fully saturated rings. The van der Waals surface area contributed by atoms with E-state index in [1.165, 1.54) is 73.7 Å². The number of amidine groups is 1. The normalized spacial score (nSPS) is 16.6. The van der Waals surface area contributed by atoms with Crippen LogP contribution in [0.2, 0.25) is 0 Å². The largest absolute Gasteiger partial charge is 0.317 e. The van der Waals surface area contributed by atoms with E-state index in [2.05, 4.69) is 187 Å². The topological polar surface area (TPSA) is 15.6 Å². The van der Waals surface area contributed by atoms with Gasteiger partial charge in [0.25, 0.3) is 0 Å². The highest BCUT2D eigenvalue weighted by Gasteiger charge is 2.35. The zero-order chi connectivity index (χ0) is 34.9. The lowest BCUT2D eigenvalue weighted by molar-refractivity contribution is 0.739. The molecule has 2 aliphatic rings. The van der Waals surface area contributed by atoms with Gasteiger partial charge in [0.2, 0.25) is 0 Å². The zero-order valence-electron chi connectivity index (χ0n) is 28.7. The maximum atomic E-state index is 5.25. The van der Waals surface area contributed by atoms with E-state index in [9.17, 15) is 0 Å². The molecule has 7 aromatic carbocycles. The Kier molecular flexibility index (Phi) is 7.07. The molecule has 1 aliphatic heterocycles. The summed E-state index contributed by atoms with van der Waals surface area (Å²) in [5, 5.41) is 5.27.